The van der Waals surface area contributed by atoms with E-state index in [4.69, 9.17) is 0 Å². The predicted molar refractivity (Wildman–Crippen MR) is 135 cm³/mol. The molecular weight excluding hydrogens is 388 g/mol. The van der Waals surface area contributed by atoms with Crippen LogP contribution in [-0.2, 0) is 0 Å². The lowest BCUT2D eigenvalue weighted by molar-refractivity contribution is -0.161. The number of hydrogen-bond donors (Lipinski definition) is 1. The molecule has 0 bridgehead atoms. The highest BCUT2D eigenvalue weighted by Crippen LogP contribution is 2.89. The maximum Gasteiger partial charge on any atom is 0.0594 e. The predicted octanol–water partition coefficient (Wildman–Crippen LogP) is 8.41. The average Bonchev–Trinajstić information content (AvgIpc) is 3.31. The lowest BCUT2D eigenvalue weighted by Gasteiger charge is -2.63. The molecule has 0 amide bonds. The van der Waals surface area contributed by atoms with Gasteiger partial charge in [-0.25, -0.2) is 0 Å². The number of aliphatic hydroxyl groups excluding tert-OH is 1. The van der Waals surface area contributed by atoms with Crippen molar-refractivity contribution in [2.75, 3.05) is 0 Å². The normalized spacial score (nSPS) is 52.8. The van der Waals surface area contributed by atoms with Crippen molar-refractivity contribution in [1.82, 2.24) is 0 Å². The first-order valence-electron chi connectivity index (χ1n) is 14.2. The van der Waals surface area contributed by atoms with E-state index in [1.807, 2.05) is 0 Å². The third-order valence-electron chi connectivity index (χ3n) is 13.7. The van der Waals surface area contributed by atoms with E-state index in [0.29, 0.717) is 27.6 Å². The second-order valence-electron chi connectivity index (χ2n) is 14.8. The van der Waals surface area contributed by atoms with Crippen LogP contribution in [0.15, 0.2) is 12.2 Å². The van der Waals surface area contributed by atoms with Crippen molar-refractivity contribution in [3.63, 3.8) is 0 Å². The Morgan fingerprint density at radius 1 is 0.844 bits per heavy atom. The van der Waals surface area contributed by atoms with Gasteiger partial charge < -0.3 is 5.11 Å². The second kappa shape index (κ2) is 7.11. The molecule has 2 spiro atoms. The Hall–Kier alpha value is -0.300. The summed E-state index contributed by atoms with van der Waals surface area (Å²) in [6, 6.07) is 0. The van der Waals surface area contributed by atoms with E-state index < -0.39 is 0 Å². The molecule has 0 aliphatic heterocycles. The summed E-state index contributed by atoms with van der Waals surface area (Å²) in [6.45, 7) is 21.6. The Morgan fingerprint density at radius 2 is 1.50 bits per heavy atom. The van der Waals surface area contributed by atoms with E-state index >= 15 is 0 Å². The summed E-state index contributed by atoms with van der Waals surface area (Å²) in [4.78, 5) is 0. The minimum atomic E-state index is -0.0879. The average molecular weight is 441 g/mol. The zero-order chi connectivity index (χ0) is 23.3. The van der Waals surface area contributed by atoms with Gasteiger partial charge in [-0.2, -0.15) is 0 Å². The zero-order valence-electron chi connectivity index (χ0n) is 22.4. The summed E-state index contributed by atoms with van der Waals surface area (Å²) in [5.74, 6) is 4.09. The van der Waals surface area contributed by atoms with Gasteiger partial charge in [-0.3, -0.25) is 0 Å². The Bertz CT molecular complexity index is 781. The molecular formula is C31H52O. The molecule has 0 aromatic carbocycles. The van der Waals surface area contributed by atoms with Gasteiger partial charge >= 0.3 is 0 Å². The number of allylic oxidation sites excluding steroid dienone is 1. The SMILES string of the molecule is C=C(C)C(C)CCC(C)C1CC[C@@]2(C)C3CC[C@H]4C(C)(C)[C@@H](O)CCC45CC35CC[C@]12C. The van der Waals surface area contributed by atoms with Crippen LogP contribution in [0.25, 0.3) is 0 Å². The molecule has 5 fully saturated rings. The highest BCUT2D eigenvalue weighted by molar-refractivity contribution is 5.30. The van der Waals surface area contributed by atoms with E-state index in [9.17, 15) is 5.11 Å². The van der Waals surface area contributed by atoms with Crippen LogP contribution in [-0.4, -0.2) is 11.2 Å². The molecule has 0 heterocycles. The van der Waals surface area contributed by atoms with Gasteiger partial charge in [0.1, 0.15) is 0 Å². The number of aliphatic hydroxyl groups is 1. The second-order valence-corrected chi connectivity index (χ2v) is 14.8. The lowest BCUT2D eigenvalue weighted by atomic mass is 9.41. The fourth-order valence-electron chi connectivity index (χ4n) is 11.3. The van der Waals surface area contributed by atoms with Crippen LogP contribution in [0.1, 0.15) is 119 Å². The molecule has 182 valence electrons. The van der Waals surface area contributed by atoms with Gasteiger partial charge in [-0.05, 0) is 134 Å². The molecule has 5 aliphatic carbocycles. The number of fused-ring (bicyclic) bond motifs is 2. The molecule has 0 aromatic heterocycles. The maximum absolute atomic E-state index is 10.9. The van der Waals surface area contributed by atoms with Crippen molar-refractivity contribution in [2.24, 2.45) is 56.7 Å². The van der Waals surface area contributed by atoms with Crippen LogP contribution in [0.2, 0.25) is 0 Å². The fraction of sp³-hybridized carbons (Fsp3) is 0.935. The van der Waals surface area contributed by atoms with Gasteiger partial charge in [0, 0.05) is 0 Å². The van der Waals surface area contributed by atoms with Gasteiger partial charge in [0.2, 0.25) is 0 Å². The van der Waals surface area contributed by atoms with Crippen LogP contribution in [0, 0.1) is 56.7 Å². The molecule has 5 aliphatic rings. The summed E-state index contributed by atoms with van der Waals surface area (Å²) in [7, 11) is 0. The first-order chi connectivity index (χ1) is 14.9. The third-order valence-corrected chi connectivity index (χ3v) is 13.7. The molecule has 5 rings (SSSR count). The summed E-state index contributed by atoms with van der Waals surface area (Å²) in [6.07, 6.45) is 15.1. The van der Waals surface area contributed by atoms with E-state index in [1.165, 1.54) is 69.8 Å². The number of rotatable bonds is 5. The quantitative estimate of drug-likeness (QED) is 0.425. The molecule has 1 nitrogen and oxygen atoms in total. The fourth-order valence-corrected chi connectivity index (χ4v) is 11.3. The molecule has 0 aromatic rings. The summed E-state index contributed by atoms with van der Waals surface area (Å²) in [5, 5.41) is 10.9. The first-order valence-corrected chi connectivity index (χ1v) is 14.2. The topological polar surface area (TPSA) is 20.2 Å². The molecule has 10 atom stereocenters. The molecule has 0 saturated heterocycles. The number of hydrogen-bond acceptors (Lipinski definition) is 1. The van der Waals surface area contributed by atoms with E-state index in [-0.39, 0.29) is 11.5 Å². The van der Waals surface area contributed by atoms with Crippen LogP contribution >= 0.6 is 0 Å². The van der Waals surface area contributed by atoms with E-state index in [0.717, 1.165) is 30.1 Å². The smallest absolute Gasteiger partial charge is 0.0594 e. The van der Waals surface area contributed by atoms with Gasteiger partial charge in [-0.1, -0.05) is 53.7 Å². The van der Waals surface area contributed by atoms with E-state index in [2.05, 4.69) is 55.0 Å². The molecule has 5 saturated carbocycles. The monoisotopic (exact) mass is 440 g/mol. The molecule has 1 heteroatoms. The highest BCUT2D eigenvalue weighted by Gasteiger charge is 2.82. The van der Waals surface area contributed by atoms with E-state index in [1.54, 1.807) is 0 Å². The van der Waals surface area contributed by atoms with Crippen LogP contribution in [0.5, 0.6) is 0 Å². The standard InChI is InChI=1S/C31H52O/c1-20(2)21(3)9-10-22(4)23-13-15-29(8)25-12-11-24-27(5,6)26(32)14-16-30(24)19-31(25,30)18-17-28(23,29)7/h21-26,32H,1,9-19H2,2-8H3/t21?,22?,23?,24-,25?,26-,28+,29-,30?,31?/m0/s1. The minimum Gasteiger partial charge on any atom is -0.393 e. The summed E-state index contributed by atoms with van der Waals surface area (Å²) in [5.41, 5.74) is 3.71. The largest absolute Gasteiger partial charge is 0.393 e. The third kappa shape index (κ3) is 2.73. The lowest BCUT2D eigenvalue weighted by Crippen LogP contribution is -2.57. The van der Waals surface area contributed by atoms with Crippen LogP contribution in [0.4, 0.5) is 0 Å². The van der Waals surface area contributed by atoms with Crippen molar-refractivity contribution >= 4 is 0 Å². The van der Waals surface area contributed by atoms with Crippen molar-refractivity contribution in [3.05, 3.63) is 12.2 Å². The Balaban J connectivity index is 1.39. The maximum atomic E-state index is 10.9. The Labute approximate surface area is 199 Å². The van der Waals surface area contributed by atoms with Gasteiger partial charge in [0.15, 0.2) is 0 Å². The Morgan fingerprint density at radius 3 is 2.19 bits per heavy atom. The first kappa shape index (κ1) is 23.4. The minimum absolute atomic E-state index is 0.0879. The summed E-state index contributed by atoms with van der Waals surface area (Å²) >= 11 is 0. The highest BCUT2D eigenvalue weighted by atomic mass is 16.3. The summed E-state index contributed by atoms with van der Waals surface area (Å²) < 4.78 is 0. The van der Waals surface area contributed by atoms with Crippen molar-refractivity contribution in [2.45, 2.75) is 125 Å². The van der Waals surface area contributed by atoms with Gasteiger partial charge in [-0.15, -0.1) is 0 Å². The molecule has 6 unspecified atom stereocenters. The molecule has 32 heavy (non-hydrogen) atoms. The molecule has 1 N–H and O–H groups in total. The van der Waals surface area contributed by atoms with Gasteiger partial charge in [0.05, 0.1) is 6.10 Å². The zero-order valence-corrected chi connectivity index (χ0v) is 22.4. The van der Waals surface area contributed by atoms with Crippen LogP contribution in [0.3, 0.4) is 0 Å². The van der Waals surface area contributed by atoms with Gasteiger partial charge in [0.25, 0.3) is 0 Å². The Kier molecular flexibility index (Phi) is 5.21. The van der Waals surface area contributed by atoms with Crippen LogP contribution < -0.4 is 0 Å². The van der Waals surface area contributed by atoms with Crippen molar-refractivity contribution in [1.29, 1.82) is 0 Å². The van der Waals surface area contributed by atoms with Crippen molar-refractivity contribution in [3.8, 4) is 0 Å². The molecule has 0 radical (unpaired) electrons. The van der Waals surface area contributed by atoms with Crippen molar-refractivity contribution < 1.29 is 5.11 Å².